The lowest BCUT2D eigenvalue weighted by Crippen LogP contribution is -1.87. The molecule has 72 valence electrons. The number of hydrogen-bond donors (Lipinski definition) is 2. The van der Waals surface area contributed by atoms with E-state index in [1.54, 1.807) is 6.07 Å². The molecule has 2 rings (SSSR count). The maximum Gasteiger partial charge on any atom is 0.126 e. The third kappa shape index (κ3) is 1.20. The predicted octanol–water partition coefficient (Wildman–Crippen LogP) is 2.74. The fourth-order valence-electron chi connectivity index (χ4n) is 1.64. The van der Waals surface area contributed by atoms with E-state index in [1.807, 2.05) is 26.0 Å². The summed E-state index contributed by atoms with van der Waals surface area (Å²) in [5, 5.41) is 11.8. The van der Waals surface area contributed by atoms with Crippen LogP contribution in [0.25, 0.3) is 10.8 Å². The molecule has 0 heterocycles. The van der Waals surface area contributed by atoms with Gasteiger partial charge in [-0.05, 0) is 42.5 Å². The van der Waals surface area contributed by atoms with Crippen LogP contribution < -0.4 is 5.73 Å². The van der Waals surface area contributed by atoms with Gasteiger partial charge in [0.2, 0.25) is 0 Å². The van der Waals surface area contributed by atoms with Crippen LogP contribution >= 0.6 is 0 Å². The first-order chi connectivity index (χ1) is 6.59. The molecule has 2 heteroatoms. The average molecular weight is 187 g/mol. The number of aromatic hydroxyl groups is 1. The normalized spacial score (nSPS) is 10.7. The van der Waals surface area contributed by atoms with Crippen molar-refractivity contribution in [2.24, 2.45) is 0 Å². The van der Waals surface area contributed by atoms with Gasteiger partial charge in [0, 0.05) is 11.1 Å². The summed E-state index contributed by atoms with van der Waals surface area (Å²) >= 11 is 0. The standard InChI is InChI=1S/C12H13NO/c1-7-5-9-3-4-10(13)6-11(9)12(14)8(7)2/h3-6,14H,13H2,1-2H3. The molecule has 3 N–H and O–H groups in total. The number of anilines is 1. The molecular formula is C12H13NO. The van der Waals surface area contributed by atoms with Crippen LogP contribution in [0.3, 0.4) is 0 Å². The molecule has 2 aromatic carbocycles. The van der Waals surface area contributed by atoms with Gasteiger partial charge in [-0.25, -0.2) is 0 Å². The molecule has 0 aromatic heterocycles. The van der Waals surface area contributed by atoms with E-state index >= 15 is 0 Å². The van der Waals surface area contributed by atoms with Gasteiger partial charge < -0.3 is 10.8 Å². The lowest BCUT2D eigenvalue weighted by atomic mass is 10.0. The summed E-state index contributed by atoms with van der Waals surface area (Å²) in [7, 11) is 0. The zero-order valence-electron chi connectivity index (χ0n) is 8.33. The van der Waals surface area contributed by atoms with Gasteiger partial charge in [0.05, 0.1) is 0 Å². The minimum Gasteiger partial charge on any atom is -0.507 e. The molecule has 0 saturated heterocycles. The van der Waals surface area contributed by atoms with Crippen LogP contribution in [0.2, 0.25) is 0 Å². The Hall–Kier alpha value is -1.70. The smallest absolute Gasteiger partial charge is 0.126 e. The maximum atomic E-state index is 9.91. The molecule has 14 heavy (non-hydrogen) atoms. The van der Waals surface area contributed by atoms with E-state index in [0.717, 1.165) is 21.9 Å². The Labute approximate surface area is 83.0 Å². The van der Waals surface area contributed by atoms with Crippen molar-refractivity contribution in [1.82, 2.24) is 0 Å². The number of hydrogen-bond acceptors (Lipinski definition) is 2. The molecule has 0 aliphatic rings. The van der Waals surface area contributed by atoms with Gasteiger partial charge in [-0.3, -0.25) is 0 Å². The Bertz CT molecular complexity index is 503. The first-order valence-corrected chi connectivity index (χ1v) is 4.58. The topological polar surface area (TPSA) is 46.2 Å². The molecule has 0 fully saturated rings. The highest BCUT2D eigenvalue weighted by Gasteiger charge is 2.06. The van der Waals surface area contributed by atoms with E-state index in [4.69, 9.17) is 5.73 Å². The molecule has 0 saturated carbocycles. The lowest BCUT2D eigenvalue weighted by Gasteiger charge is -2.08. The van der Waals surface area contributed by atoms with Gasteiger partial charge in [-0.1, -0.05) is 12.1 Å². The fourth-order valence-corrected chi connectivity index (χ4v) is 1.64. The predicted molar refractivity (Wildman–Crippen MR) is 59.5 cm³/mol. The summed E-state index contributed by atoms with van der Waals surface area (Å²) in [4.78, 5) is 0. The number of nitrogen functional groups attached to an aromatic ring is 1. The Balaban J connectivity index is 2.92. The molecular weight excluding hydrogens is 174 g/mol. The Morgan fingerprint density at radius 3 is 2.57 bits per heavy atom. The van der Waals surface area contributed by atoms with Crippen molar-refractivity contribution < 1.29 is 5.11 Å². The van der Waals surface area contributed by atoms with Crippen LogP contribution in [0.4, 0.5) is 5.69 Å². The highest BCUT2D eigenvalue weighted by atomic mass is 16.3. The molecule has 0 bridgehead atoms. The molecule has 0 spiro atoms. The second-order valence-electron chi connectivity index (χ2n) is 3.65. The van der Waals surface area contributed by atoms with Crippen molar-refractivity contribution >= 4 is 16.5 Å². The van der Waals surface area contributed by atoms with Crippen molar-refractivity contribution in [1.29, 1.82) is 0 Å². The van der Waals surface area contributed by atoms with Crippen molar-refractivity contribution in [3.63, 3.8) is 0 Å². The molecule has 0 aliphatic carbocycles. The molecule has 0 atom stereocenters. The average Bonchev–Trinajstić information content (AvgIpc) is 2.16. The lowest BCUT2D eigenvalue weighted by molar-refractivity contribution is 0.477. The second-order valence-corrected chi connectivity index (χ2v) is 3.65. The van der Waals surface area contributed by atoms with Gasteiger partial charge in [0.25, 0.3) is 0 Å². The second kappa shape index (κ2) is 2.91. The zero-order valence-corrected chi connectivity index (χ0v) is 8.33. The Morgan fingerprint density at radius 1 is 1.14 bits per heavy atom. The Morgan fingerprint density at radius 2 is 1.86 bits per heavy atom. The summed E-state index contributed by atoms with van der Waals surface area (Å²) in [6.45, 7) is 3.90. The summed E-state index contributed by atoms with van der Waals surface area (Å²) in [5.41, 5.74) is 8.36. The number of nitrogens with two attached hydrogens (primary N) is 1. The summed E-state index contributed by atoms with van der Waals surface area (Å²) in [6.07, 6.45) is 0. The number of phenols is 1. The van der Waals surface area contributed by atoms with Gasteiger partial charge in [0.1, 0.15) is 5.75 Å². The molecule has 0 unspecified atom stereocenters. The van der Waals surface area contributed by atoms with Crippen LogP contribution in [0.15, 0.2) is 24.3 Å². The molecule has 2 aromatic rings. The van der Waals surface area contributed by atoms with E-state index < -0.39 is 0 Å². The molecule has 2 nitrogen and oxygen atoms in total. The zero-order chi connectivity index (χ0) is 10.3. The minimum absolute atomic E-state index is 0.340. The van der Waals surface area contributed by atoms with Crippen LogP contribution in [-0.2, 0) is 0 Å². The fraction of sp³-hybridized carbons (Fsp3) is 0.167. The molecule has 0 amide bonds. The Kier molecular flexibility index (Phi) is 1.84. The van der Waals surface area contributed by atoms with Crippen molar-refractivity contribution in [2.75, 3.05) is 5.73 Å². The number of rotatable bonds is 0. The third-order valence-electron chi connectivity index (χ3n) is 2.65. The maximum absolute atomic E-state index is 9.91. The molecule has 0 radical (unpaired) electrons. The van der Waals surface area contributed by atoms with Crippen molar-refractivity contribution in [3.8, 4) is 5.75 Å². The van der Waals surface area contributed by atoms with Crippen LogP contribution in [0.1, 0.15) is 11.1 Å². The largest absolute Gasteiger partial charge is 0.507 e. The van der Waals surface area contributed by atoms with E-state index in [2.05, 4.69) is 6.07 Å². The molecule has 0 aliphatic heterocycles. The van der Waals surface area contributed by atoms with E-state index in [-0.39, 0.29) is 0 Å². The summed E-state index contributed by atoms with van der Waals surface area (Å²) < 4.78 is 0. The van der Waals surface area contributed by atoms with Crippen LogP contribution in [-0.4, -0.2) is 5.11 Å². The van der Waals surface area contributed by atoms with Crippen molar-refractivity contribution in [3.05, 3.63) is 35.4 Å². The van der Waals surface area contributed by atoms with Crippen molar-refractivity contribution in [2.45, 2.75) is 13.8 Å². The number of fused-ring (bicyclic) bond motifs is 1. The number of benzene rings is 2. The third-order valence-corrected chi connectivity index (χ3v) is 2.65. The van der Waals surface area contributed by atoms with E-state index in [1.165, 1.54) is 0 Å². The highest BCUT2D eigenvalue weighted by molar-refractivity contribution is 5.92. The van der Waals surface area contributed by atoms with Gasteiger partial charge in [0.15, 0.2) is 0 Å². The SMILES string of the molecule is Cc1cc2ccc(N)cc2c(O)c1C. The van der Waals surface area contributed by atoms with Crippen LogP contribution in [0, 0.1) is 13.8 Å². The highest BCUT2D eigenvalue weighted by Crippen LogP contribution is 2.31. The quantitative estimate of drug-likeness (QED) is 0.623. The minimum atomic E-state index is 0.340. The number of aryl methyl sites for hydroxylation is 1. The summed E-state index contributed by atoms with van der Waals surface area (Å²) in [6, 6.07) is 7.63. The summed E-state index contributed by atoms with van der Waals surface area (Å²) in [5.74, 6) is 0.340. The number of phenolic OH excluding ortho intramolecular Hbond substituents is 1. The van der Waals surface area contributed by atoms with Gasteiger partial charge in [-0.2, -0.15) is 0 Å². The van der Waals surface area contributed by atoms with Gasteiger partial charge in [-0.15, -0.1) is 0 Å². The first-order valence-electron chi connectivity index (χ1n) is 4.58. The van der Waals surface area contributed by atoms with E-state index in [9.17, 15) is 5.11 Å². The first kappa shape index (κ1) is 8.88. The monoisotopic (exact) mass is 187 g/mol. The van der Waals surface area contributed by atoms with Crippen LogP contribution in [0.5, 0.6) is 5.75 Å². The van der Waals surface area contributed by atoms with E-state index in [0.29, 0.717) is 11.4 Å². The van der Waals surface area contributed by atoms with Gasteiger partial charge >= 0.3 is 0 Å².